The van der Waals surface area contributed by atoms with Gasteiger partial charge in [0.05, 0.1) is 26.8 Å². The zero-order chi connectivity index (χ0) is 21.9. The van der Waals surface area contributed by atoms with Crippen LogP contribution in [0.4, 0.5) is 0 Å². The fourth-order valence-corrected chi connectivity index (χ4v) is 2.83. The molecule has 0 aliphatic heterocycles. The minimum Gasteiger partial charge on any atom is -0.497 e. The lowest BCUT2D eigenvalue weighted by Crippen LogP contribution is -2.38. The normalized spacial score (nSPS) is 10.9. The van der Waals surface area contributed by atoms with Gasteiger partial charge in [-0.25, -0.2) is 4.99 Å². The molecule has 9 heteroatoms. The predicted octanol–water partition coefficient (Wildman–Crippen LogP) is 3.45. The average molecular weight is 550 g/mol. The number of nitrogens with one attached hydrogen (secondary N) is 2. The predicted molar refractivity (Wildman–Crippen MR) is 137 cm³/mol. The van der Waals surface area contributed by atoms with E-state index >= 15 is 0 Å². The van der Waals surface area contributed by atoms with Crippen molar-refractivity contribution >= 4 is 29.9 Å². The third-order valence-electron chi connectivity index (χ3n) is 4.80. The number of hydrogen-bond acceptors (Lipinski definition) is 5. The molecule has 0 atom stereocenters. The van der Waals surface area contributed by atoms with Gasteiger partial charge in [0.15, 0.2) is 11.8 Å². The van der Waals surface area contributed by atoms with Crippen LogP contribution in [-0.4, -0.2) is 41.0 Å². The van der Waals surface area contributed by atoms with Crippen LogP contribution < -0.4 is 20.1 Å². The van der Waals surface area contributed by atoms with E-state index in [9.17, 15) is 0 Å². The molecule has 0 fully saturated rings. The second-order valence-corrected chi connectivity index (χ2v) is 7.03. The van der Waals surface area contributed by atoms with Crippen LogP contribution in [-0.2, 0) is 20.1 Å². The van der Waals surface area contributed by atoms with E-state index in [0.29, 0.717) is 19.7 Å². The van der Waals surface area contributed by atoms with Gasteiger partial charge in [0.25, 0.3) is 0 Å². The molecule has 0 saturated heterocycles. The molecule has 0 amide bonds. The summed E-state index contributed by atoms with van der Waals surface area (Å²) in [4.78, 5) is 4.71. The molecule has 8 nitrogen and oxygen atoms in total. The van der Waals surface area contributed by atoms with Crippen LogP contribution in [0, 0.1) is 6.92 Å². The number of nitrogens with zero attached hydrogens (tertiary/aromatic N) is 4. The van der Waals surface area contributed by atoms with E-state index < -0.39 is 0 Å². The van der Waals surface area contributed by atoms with Crippen LogP contribution in [0.2, 0.25) is 0 Å². The van der Waals surface area contributed by atoms with E-state index in [4.69, 9.17) is 14.5 Å². The summed E-state index contributed by atoms with van der Waals surface area (Å²) in [5, 5.41) is 15.0. The molecule has 1 aromatic heterocycles. The van der Waals surface area contributed by atoms with Crippen LogP contribution in [0.25, 0.3) is 0 Å². The van der Waals surface area contributed by atoms with Gasteiger partial charge in [0.2, 0.25) is 0 Å². The van der Waals surface area contributed by atoms with Crippen molar-refractivity contribution in [1.29, 1.82) is 0 Å². The highest BCUT2D eigenvalue weighted by molar-refractivity contribution is 14.0. The minimum absolute atomic E-state index is 0. The molecule has 2 aromatic carbocycles. The van der Waals surface area contributed by atoms with Crippen molar-refractivity contribution in [3.8, 4) is 11.5 Å². The van der Waals surface area contributed by atoms with Crippen molar-refractivity contribution < 1.29 is 9.47 Å². The van der Waals surface area contributed by atoms with Crippen LogP contribution in [0.3, 0.4) is 0 Å². The standard InChI is InChI=1S/C23H30N6O2.HI/c1-18-27-28-22(29(18)2)17-26-23(25-16-19-10-12-20(30-3)13-11-19)24-14-7-15-31-21-8-5-4-6-9-21;/h4-6,8-13H,7,14-17H2,1-3H3,(H2,24,25,26);1H. The lowest BCUT2D eigenvalue weighted by molar-refractivity contribution is 0.311. The number of aromatic nitrogens is 3. The van der Waals surface area contributed by atoms with E-state index in [1.807, 2.05) is 73.1 Å². The van der Waals surface area contributed by atoms with Gasteiger partial charge in [0, 0.05) is 13.6 Å². The topological polar surface area (TPSA) is 85.6 Å². The summed E-state index contributed by atoms with van der Waals surface area (Å²) in [6.45, 7) is 4.38. The Bertz CT molecular complexity index is 960. The number of methoxy groups -OCH3 is 1. The smallest absolute Gasteiger partial charge is 0.191 e. The molecule has 3 rings (SSSR count). The van der Waals surface area contributed by atoms with Crippen LogP contribution in [0.15, 0.2) is 59.6 Å². The minimum atomic E-state index is 0. The maximum atomic E-state index is 5.75. The number of aliphatic imine (C=N–C) groups is 1. The van der Waals surface area contributed by atoms with E-state index in [-0.39, 0.29) is 24.0 Å². The van der Waals surface area contributed by atoms with E-state index in [1.54, 1.807) is 7.11 Å². The first-order valence-corrected chi connectivity index (χ1v) is 10.3. The lowest BCUT2D eigenvalue weighted by Gasteiger charge is -2.13. The SMILES string of the molecule is COc1ccc(CN=C(NCCCOc2ccccc2)NCc2nnc(C)n2C)cc1.I. The molecular formula is C23H31IN6O2. The Morgan fingerprint density at radius 2 is 1.75 bits per heavy atom. The molecule has 2 N–H and O–H groups in total. The van der Waals surface area contributed by atoms with Crippen LogP contribution in [0.5, 0.6) is 11.5 Å². The Labute approximate surface area is 206 Å². The highest BCUT2D eigenvalue weighted by Crippen LogP contribution is 2.12. The number of rotatable bonds is 10. The largest absolute Gasteiger partial charge is 0.497 e. The molecule has 1 heterocycles. The molecule has 0 bridgehead atoms. The van der Waals surface area contributed by atoms with Gasteiger partial charge in [-0.1, -0.05) is 30.3 Å². The van der Waals surface area contributed by atoms with Crippen molar-refractivity contribution in [3.63, 3.8) is 0 Å². The summed E-state index contributed by atoms with van der Waals surface area (Å²) in [7, 11) is 3.61. The zero-order valence-electron chi connectivity index (χ0n) is 18.7. The van der Waals surface area contributed by atoms with Crippen molar-refractivity contribution in [2.45, 2.75) is 26.4 Å². The fourth-order valence-electron chi connectivity index (χ4n) is 2.83. The highest BCUT2D eigenvalue weighted by Gasteiger charge is 2.06. The van der Waals surface area contributed by atoms with E-state index in [2.05, 4.69) is 20.8 Å². The van der Waals surface area contributed by atoms with Crippen molar-refractivity contribution in [2.75, 3.05) is 20.3 Å². The number of aryl methyl sites for hydroxylation is 1. The highest BCUT2D eigenvalue weighted by atomic mass is 127. The van der Waals surface area contributed by atoms with Gasteiger partial charge in [-0.3, -0.25) is 0 Å². The van der Waals surface area contributed by atoms with Gasteiger partial charge < -0.3 is 24.7 Å². The molecule has 0 aliphatic rings. The molecule has 3 aromatic rings. The molecule has 0 aliphatic carbocycles. The summed E-state index contributed by atoms with van der Waals surface area (Å²) in [6.07, 6.45) is 0.848. The number of ether oxygens (including phenoxy) is 2. The fraction of sp³-hybridized carbons (Fsp3) is 0.348. The first kappa shape index (κ1) is 25.4. The molecule has 0 saturated carbocycles. The number of benzene rings is 2. The number of halogens is 1. The first-order valence-electron chi connectivity index (χ1n) is 10.3. The Morgan fingerprint density at radius 3 is 2.41 bits per heavy atom. The Balaban J connectivity index is 0.00000363. The summed E-state index contributed by atoms with van der Waals surface area (Å²) >= 11 is 0. The Hall–Kier alpha value is -2.82. The molecular weight excluding hydrogens is 519 g/mol. The maximum Gasteiger partial charge on any atom is 0.191 e. The second kappa shape index (κ2) is 13.6. The quantitative estimate of drug-likeness (QED) is 0.174. The number of para-hydroxylation sites is 1. The van der Waals surface area contributed by atoms with Crippen LogP contribution >= 0.6 is 24.0 Å². The molecule has 0 radical (unpaired) electrons. The molecule has 0 unspecified atom stereocenters. The molecule has 32 heavy (non-hydrogen) atoms. The molecule has 172 valence electrons. The lowest BCUT2D eigenvalue weighted by atomic mass is 10.2. The van der Waals surface area contributed by atoms with Crippen molar-refractivity contribution in [2.24, 2.45) is 12.0 Å². The number of guanidine groups is 1. The van der Waals surface area contributed by atoms with Crippen LogP contribution in [0.1, 0.15) is 23.6 Å². The van der Waals surface area contributed by atoms with Gasteiger partial charge in [0.1, 0.15) is 17.3 Å². The van der Waals surface area contributed by atoms with Gasteiger partial charge in [-0.2, -0.15) is 0 Å². The number of hydrogen-bond donors (Lipinski definition) is 2. The maximum absolute atomic E-state index is 5.75. The third kappa shape index (κ3) is 8.03. The third-order valence-corrected chi connectivity index (χ3v) is 4.80. The summed E-state index contributed by atoms with van der Waals surface area (Å²) in [6, 6.07) is 17.7. The molecule has 0 spiro atoms. The Kier molecular flexibility index (Phi) is 10.8. The van der Waals surface area contributed by atoms with E-state index in [0.717, 1.165) is 47.6 Å². The monoisotopic (exact) mass is 550 g/mol. The zero-order valence-corrected chi connectivity index (χ0v) is 21.1. The average Bonchev–Trinajstić information content (AvgIpc) is 3.13. The van der Waals surface area contributed by atoms with Gasteiger partial charge in [-0.15, -0.1) is 34.2 Å². The van der Waals surface area contributed by atoms with Crippen molar-refractivity contribution in [1.82, 2.24) is 25.4 Å². The summed E-state index contributed by atoms with van der Waals surface area (Å²) < 4.78 is 12.9. The second-order valence-electron chi connectivity index (χ2n) is 7.03. The van der Waals surface area contributed by atoms with Gasteiger partial charge >= 0.3 is 0 Å². The first-order chi connectivity index (χ1) is 15.2. The van der Waals surface area contributed by atoms with Gasteiger partial charge in [-0.05, 0) is 43.2 Å². The van der Waals surface area contributed by atoms with E-state index in [1.165, 1.54) is 0 Å². The van der Waals surface area contributed by atoms with Crippen molar-refractivity contribution in [3.05, 3.63) is 71.8 Å². The summed E-state index contributed by atoms with van der Waals surface area (Å²) in [5.41, 5.74) is 1.10. The Morgan fingerprint density at radius 1 is 1.00 bits per heavy atom. The summed E-state index contributed by atoms with van der Waals surface area (Å²) in [5.74, 6) is 4.16.